The summed E-state index contributed by atoms with van der Waals surface area (Å²) in [7, 11) is 3.71. The van der Waals surface area contributed by atoms with Gasteiger partial charge in [0.05, 0.1) is 32.9 Å². The highest BCUT2D eigenvalue weighted by atomic mass is 32.1. The molecule has 3 aliphatic rings. The number of aromatic nitrogens is 1. The lowest BCUT2D eigenvalue weighted by Gasteiger charge is -2.35. The molecule has 4 heterocycles. The summed E-state index contributed by atoms with van der Waals surface area (Å²) in [5.74, 6) is -0.111. The molecule has 7 rings (SSSR count). The highest BCUT2D eigenvalue weighted by Gasteiger charge is 2.60. The molecule has 33 heavy (non-hydrogen) atoms. The average Bonchev–Trinajstić information content (AvgIpc) is 3.57. The van der Waals surface area contributed by atoms with Gasteiger partial charge in [-0.2, -0.15) is 0 Å². The van der Waals surface area contributed by atoms with Crippen LogP contribution in [0.4, 0.5) is 10.1 Å². The van der Waals surface area contributed by atoms with Crippen LogP contribution < -0.4 is 21.0 Å². The zero-order valence-corrected chi connectivity index (χ0v) is 19.1. The van der Waals surface area contributed by atoms with Crippen LogP contribution in [0.3, 0.4) is 0 Å². The van der Waals surface area contributed by atoms with Crippen molar-refractivity contribution >= 4 is 49.6 Å². The van der Waals surface area contributed by atoms with Gasteiger partial charge < -0.3 is 15.3 Å². The second-order valence-electron chi connectivity index (χ2n) is 9.91. The van der Waals surface area contributed by atoms with E-state index in [1.807, 2.05) is 12.4 Å². The minimum atomic E-state index is -1.30. The first-order chi connectivity index (χ1) is 15.9. The Morgan fingerprint density at radius 1 is 1.39 bits per heavy atom. The Balaban J connectivity index is 1.53. The molecule has 7 nitrogen and oxygen atoms in total. The van der Waals surface area contributed by atoms with E-state index < -0.39 is 17.2 Å². The number of thiazole rings is 1. The number of hydrogen-bond acceptors (Lipinski definition) is 6. The molecule has 1 aromatic carbocycles. The smallest absolute Gasteiger partial charge is 0.342 e. The Bertz CT molecular complexity index is 1610. The van der Waals surface area contributed by atoms with Crippen LogP contribution >= 0.6 is 11.3 Å². The van der Waals surface area contributed by atoms with Crippen molar-refractivity contribution in [2.24, 2.45) is 22.7 Å². The summed E-state index contributed by atoms with van der Waals surface area (Å²) in [6, 6.07) is 1.24. The van der Waals surface area contributed by atoms with E-state index in [0.717, 1.165) is 18.6 Å². The van der Waals surface area contributed by atoms with Crippen molar-refractivity contribution in [3.63, 3.8) is 0 Å². The second kappa shape index (κ2) is 6.21. The number of halogens is 1. The second-order valence-corrected chi connectivity index (χ2v) is 10.8. The number of carboxylic acid groups (broad SMARTS) is 1. The third-order valence-electron chi connectivity index (χ3n) is 8.86. The minimum Gasteiger partial charge on any atom is -0.477 e. The lowest BCUT2D eigenvalue weighted by molar-refractivity contribution is 0.0697. The Hall–Kier alpha value is -2.78. The number of carboxylic acids is 1. The van der Waals surface area contributed by atoms with Crippen molar-refractivity contribution in [2.45, 2.75) is 24.8 Å². The molecular weight excluding hydrogens is 443 g/mol. The van der Waals surface area contributed by atoms with Crippen LogP contribution in [0.5, 0.6) is 0 Å². The molecular formula is C24H23FN4O3S. The number of fused-ring (bicyclic) bond motifs is 5. The topological polar surface area (TPSA) is 86.4 Å². The van der Waals surface area contributed by atoms with Crippen LogP contribution in [0.1, 0.15) is 29.6 Å². The van der Waals surface area contributed by atoms with Crippen LogP contribution in [0.15, 0.2) is 21.2 Å². The van der Waals surface area contributed by atoms with Crippen molar-refractivity contribution in [3.8, 4) is 0 Å². The van der Waals surface area contributed by atoms with Crippen LogP contribution in [0.25, 0.3) is 26.6 Å². The van der Waals surface area contributed by atoms with Gasteiger partial charge in [-0.25, -0.2) is 9.18 Å². The zero-order valence-electron chi connectivity index (χ0n) is 18.3. The maximum atomic E-state index is 15.8. The molecule has 2 bridgehead atoms. The molecule has 0 radical (unpaired) electrons. The average molecular weight is 467 g/mol. The first-order valence-electron chi connectivity index (χ1n) is 11.4. The van der Waals surface area contributed by atoms with E-state index in [-0.39, 0.29) is 16.5 Å². The van der Waals surface area contributed by atoms with Gasteiger partial charge in [0.1, 0.15) is 16.2 Å². The highest BCUT2D eigenvalue weighted by Crippen LogP contribution is 2.58. The van der Waals surface area contributed by atoms with E-state index in [2.05, 4.69) is 15.2 Å². The predicted molar refractivity (Wildman–Crippen MR) is 126 cm³/mol. The van der Waals surface area contributed by atoms with Crippen molar-refractivity contribution in [1.82, 2.24) is 9.72 Å². The van der Waals surface area contributed by atoms with Crippen molar-refractivity contribution < 1.29 is 14.3 Å². The van der Waals surface area contributed by atoms with Gasteiger partial charge in [0.2, 0.25) is 5.43 Å². The molecule has 2 N–H and O–H groups in total. The highest BCUT2D eigenvalue weighted by molar-refractivity contribution is 7.16. The Morgan fingerprint density at radius 2 is 2.21 bits per heavy atom. The van der Waals surface area contributed by atoms with Gasteiger partial charge in [0, 0.05) is 31.1 Å². The number of aromatic carboxylic acids is 1. The van der Waals surface area contributed by atoms with Gasteiger partial charge in [0.25, 0.3) is 0 Å². The summed E-state index contributed by atoms with van der Waals surface area (Å²) >= 11 is 1.21. The fraction of sp³-hybridized carbons (Fsp3) is 0.458. The number of pyridine rings is 1. The van der Waals surface area contributed by atoms with Gasteiger partial charge >= 0.3 is 5.97 Å². The molecule has 3 aromatic heterocycles. The summed E-state index contributed by atoms with van der Waals surface area (Å²) in [5, 5.41) is 16.5. The SMILES string of the molecule is CN=c1c2c(N3CC4C5CCC(NC)(C5)C4C3)c(F)cc3c(=O)c(C(=O)O)c4scc1n4c32. The molecule has 2 aliphatic carbocycles. The lowest BCUT2D eigenvalue weighted by atomic mass is 9.77. The first kappa shape index (κ1) is 19.7. The number of nitrogens with zero attached hydrogens (tertiary/aromatic N) is 3. The largest absolute Gasteiger partial charge is 0.477 e. The summed E-state index contributed by atoms with van der Waals surface area (Å²) in [4.78, 5) is 32.1. The van der Waals surface area contributed by atoms with Crippen molar-refractivity contribution in [3.05, 3.63) is 38.4 Å². The van der Waals surface area contributed by atoms with Gasteiger partial charge in [-0.1, -0.05) is 0 Å². The number of rotatable bonds is 3. The third kappa shape index (κ3) is 2.16. The van der Waals surface area contributed by atoms with Gasteiger partial charge in [-0.15, -0.1) is 11.3 Å². The fourth-order valence-corrected chi connectivity index (χ4v) is 8.56. The number of benzene rings is 1. The normalized spacial score (nSPS) is 29.5. The summed E-state index contributed by atoms with van der Waals surface area (Å²) in [5.41, 5.74) is 0.992. The van der Waals surface area contributed by atoms with Gasteiger partial charge in [-0.05, 0) is 50.1 Å². The van der Waals surface area contributed by atoms with Gasteiger partial charge in [0.15, 0.2) is 0 Å². The number of anilines is 1. The van der Waals surface area contributed by atoms with Crippen LogP contribution in [-0.4, -0.2) is 48.2 Å². The fourth-order valence-electron chi connectivity index (χ4n) is 7.53. The molecule has 9 heteroatoms. The van der Waals surface area contributed by atoms with E-state index in [1.165, 1.54) is 36.7 Å². The van der Waals surface area contributed by atoms with Crippen LogP contribution in [-0.2, 0) is 0 Å². The molecule has 4 unspecified atom stereocenters. The Labute approximate surface area is 191 Å². The molecule has 4 atom stereocenters. The monoisotopic (exact) mass is 466 g/mol. The molecule has 4 aromatic rings. The number of hydrogen-bond donors (Lipinski definition) is 2. The lowest BCUT2D eigenvalue weighted by Crippen LogP contribution is -2.47. The van der Waals surface area contributed by atoms with Gasteiger partial charge in [-0.3, -0.25) is 14.2 Å². The predicted octanol–water partition coefficient (Wildman–Crippen LogP) is 2.74. The molecule has 1 aliphatic heterocycles. The van der Waals surface area contributed by atoms with E-state index in [4.69, 9.17) is 0 Å². The third-order valence-corrected chi connectivity index (χ3v) is 9.81. The van der Waals surface area contributed by atoms with Crippen molar-refractivity contribution in [1.29, 1.82) is 0 Å². The standard InChI is InChI=1S/C24H23FN4O3S/c1-26-18-15-9-33-22-17(23(31)32)21(30)11-5-14(25)20(16(18)19(11)29(15)22)28-7-12-10-3-4-24(6-10,27-2)13(12)8-28/h5,9-10,12-13,27H,3-4,6-8H2,1-2H3,(H,31,32). The summed E-state index contributed by atoms with van der Waals surface area (Å²) < 4.78 is 17.6. The molecule has 170 valence electrons. The van der Waals surface area contributed by atoms with Crippen LogP contribution in [0, 0.1) is 23.6 Å². The Kier molecular flexibility index (Phi) is 3.70. The quantitative estimate of drug-likeness (QED) is 0.485. The maximum Gasteiger partial charge on any atom is 0.342 e. The summed E-state index contributed by atoms with van der Waals surface area (Å²) in [6.45, 7) is 1.57. The number of carbonyl (C=O) groups is 1. The van der Waals surface area contributed by atoms with E-state index in [1.54, 1.807) is 11.4 Å². The molecule has 1 saturated heterocycles. The number of nitrogens with one attached hydrogen (secondary N) is 1. The van der Waals surface area contributed by atoms with Crippen molar-refractivity contribution in [2.75, 3.05) is 32.1 Å². The molecule has 0 spiro atoms. The zero-order chi connectivity index (χ0) is 22.8. The molecule has 2 saturated carbocycles. The maximum absolute atomic E-state index is 15.8. The molecule has 3 fully saturated rings. The van der Waals surface area contributed by atoms with E-state index >= 15 is 4.39 Å². The van der Waals surface area contributed by atoms with E-state index in [0.29, 0.717) is 44.5 Å². The minimum absolute atomic E-state index is 0.102. The van der Waals surface area contributed by atoms with Crippen LogP contribution in [0.2, 0.25) is 0 Å². The first-order valence-corrected chi connectivity index (χ1v) is 12.2. The molecule has 0 amide bonds. The Morgan fingerprint density at radius 3 is 2.94 bits per heavy atom. The van der Waals surface area contributed by atoms with E-state index in [9.17, 15) is 14.7 Å². The summed E-state index contributed by atoms with van der Waals surface area (Å²) in [6.07, 6.45) is 3.59.